The fourth-order valence-electron chi connectivity index (χ4n) is 3.00. The normalized spacial score (nSPS) is 11.0. The smallest absolute Gasteiger partial charge is 0.172 e. The number of hydrogen-bond acceptors (Lipinski definition) is 3. The molecule has 0 unspecified atom stereocenters. The first-order valence-electron chi connectivity index (χ1n) is 8.23. The molecule has 4 rings (SSSR count). The molecular formula is C21H19N3O. The van der Waals surface area contributed by atoms with E-state index in [1.807, 2.05) is 34.7 Å². The Bertz CT molecular complexity index is 1070. The molecule has 0 saturated heterocycles. The fraction of sp³-hybridized carbons (Fsp3) is 0.143. The van der Waals surface area contributed by atoms with E-state index in [0.717, 1.165) is 28.3 Å². The summed E-state index contributed by atoms with van der Waals surface area (Å²) < 4.78 is 7.50. The Kier molecular flexibility index (Phi) is 3.73. The van der Waals surface area contributed by atoms with Crippen LogP contribution in [0.2, 0.25) is 0 Å². The summed E-state index contributed by atoms with van der Waals surface area (Å²) >= 11 is 0. The number of aryl methyl sites for hydroxylation is 2. The maximum atomic E-state index is 5.48. The molecule has 2 aromatic heterocycles. The molecule has 0 aliphatic rings. The van der Waals surface area contributed by atoms with Crippen molar-refractivity contribution in [1.82, 2.24) is 14.6 Å². The fourth-order valence-corrected chi connectivity index (χ4v) is 3.00. The maximum Gasteiger partial charge on any atom is 0.172 e. The van der Waals surface area contributed by atoms with Gasteiger partial charge in [-0.05, 0) is 60.4 Å². The highest BCUT2D eigenvalue weighted by atomic mass is 16.5. The largest absolute Gasteiger partial charge is 0.496 e. The Morgan fingerprint density at radius 3 is 2.44 bits per heavy atom. The Hall–Kier alpha value is -3.14. The molecule has 4 nitrogen and oxygen atoms in total. The summed E-state index contributed by atoms with van der Waals surface area (Å²) in [7, 11) is 1.67. The number of fused-ring (bicyclic) bond motifs is 1. The molecule has 124 valence electrons. The van der Waals surface area contributed by atoms with Gasteiger partial charge in [-0.15, -0.1) is 10.2 Å². The highest BCUT2D eigenvalue weighted by molar-refractivity contribution is 5.70. The third-order valence-electron chi connectivity index (χ3n) is 4.59. The van der Waals surface area contributed by atoms with E-state index >= 15 is 0 Å². The van der Waals surface area contributed by atoms with Crippen LogP contribution in [0.25, 0.3) is 28.2 Å². The second-order valence-electron chi connectivity index (χ2n) is 6.17. The number of rotatable bonds is 3. The highest BCUT2D eigenvalue weighted by Crippen LogP contribution is 2.30. The van der Waals surface area contributed by atoms with Gasteiger partial charge in [0.2, 0.25) is 0 Å². The van der Waals surface area contributed by atoms with E-state index in [1.165, 1.54) is 16.7 Å². The first kappa shape index (κ1) is 15.4. The number of methoxy groups -OCH3 is 1. The van der Waals surface area contributed by atoms with Crippen molar-refractivity contribution in [2.75, 3.05) is 7.11 Å². The molecule has 0 bridgehead atoms. The van der Waals surface area contributed by atoms with Crippen LogP contribution in [0.15, 0.2) is 60.8 Å². The summed E-state index contributed by atoms with van der Waals surface area (Å²) in [5, 5.41) is 8.67. The first-order valence-corrected chi connectivity index (χ1v) is 8.23. The molecule has 0 atom stereocenters. The van der Waals surface area contributed by atoms with Gasteiger partial charge < -0.3 is 4.74 Å². The van der Waals surface area contributed by atoms with Crippen molar-refractivity contribution >= 4 is 5.65 Å². The highest BCUT2D eigenvalue weighted by Gasteiger charge is 2.13. The van der Waals surface area contributed by atoms with E-state index in [4.69, 9.17) is 4.74 Å². The van der Waals surface area contributed by atoms with Crippen molar-refractivity contribution in [3.8, 4) is 28.3 Å². The van der Waals surface area contributed by atoms with Crippen molar-refractivity contribution in [1.29, 1.82) is 0 Å². The van der Waals surface area contributed by atoms with Gasteiger partial charge in [0.25, 0.3) is 0 Å². The van der Waals surface area contributed by atoms with Gasteiger partial charge in [-0.1, -0.05) is 30.3 Å². The number of benzene rings is 2. The molecule has 2 aromatic carbocycles. The van der Waals surface area contributed by atoms with Crippen molar-refractivity contribution in [3.05, 3.63) is 71.9 Å². The molecule has 0 aliphatic carbocycles. The van der Waals surface area contributed by atoms with Crippen LogP contribution < -0.4 is 4.74 Å². The monoisotopic (exact) mass is 329 g/mol. The van der Waals surface area contributed by atoms with Crippen LogP contribution in [0.1, 0.15) is 11.1 Å². The molecule has 0 aliphatic heterocycles. The topological polar surface area (TPSA) is 39.4 Å². The van der Waals surface area contributed by atoms with E-state index in [2.05, 4.69) is 54.5 Å². The van der Waals surface area contributed by atoms with E-state index in [-0.39, 0.29) is 0 Å². The summed E-state index contributed by atoms with van der Waals surface area (Å²) in [6.07, 6.45) is 2.08. The molecule has 0 amide bonds. The molecule has 4 aromatic rings. The van der Waals surface area contributed by atoms with Crippen LogP contribution in [0.5, 0.6) is 5.75 Å². The first-order chi connectivity index (χ1) is 12.2. The van der Waals surface area contributed by atoms with Crippen molar-refractivity contribution in [2.24, 2.45) is 0 Å². The van der Waals surface area contributed by atoms with Gasteiger partial charge in [0.15, 0.2) is 11.5 Å². The number of ether oxygens (including phenoxy) is 1. The summed E-state index contributed by atoms with van der Waals surface area (Å²) in [6, 6.07) is 18.5. The molecule has 0 N–H and O–H groups in total. The Labute approximate surface area is 146 Å². The van der Waals surface area contributed by atoms with Crippen LogP contribution in [0.3, 0.4) is 0 Å². The van der Waals surface area contributed by atoms with Gasteiger partial charge >= 0.3 is 0 Å². The number of hydrogen-bond donors (Lipinski definition) is 0. The molecule has 25 heavy (non-hydrogen) atoms. The molecule has 2 heterocycles. The Morgan fingerprint density at radius 2 is 1.64 bits per heavy atom. The zero-order valence-electron chi connectivity index (χ0n) is 14.5. The number of para-hydroxylation sites is 1. The minimum Gasteiger partial charge on any atom is -0.496 e. The molecule has 0 radical (unpaired) electrons. The lowest BCUT2D eigenvalue weighted by Gasteiger charge is -2.09. The van der Waals surface area contributed by atoms with Crippen molar-refractivity contribution < 1.29 is 4.74 Å². The number of aromatic nitrogens is 3. The molecular weight excluding hydrogens is 310 g/mol. The van der Waals surface area contributed by atoms with Gasteiger partial charge in [0.05, 0.1) is 12.7 Å². The molecule has 0 spiro atoms. The molecule has 4 heteroatoms. The van der Waals surface area contributed by atoms with Crippen molar-refractivity contribution in [3.63, 3.8) is 0 Å². The standard InChI is InChI=1S/C21H19N3O/c1-14-8-9-16(12-15(14)2)17-10-11-20-22-23-21(24(20)13-17)18-6-4-5-7-19(18)25-3/h4-13H,1-3H3. The second-order valence-corrected chi connectivity index (χ2v) is 6.17. The lowest BCUT2D eigenvalue weighted by molar-refractivity contribution is 0.416. The third kappa shape index (κ3) is 2.66. The van der Waals surface area contributed by atoms with Gasteiger partial charge in [-0.2, -0.15) is 0 Å². The third-order valence-corrected chi connectivity index (χ3v) is 4.59. The minimum absolute atomic E-state index is 0.776. The average molecular weight is 329 g/mol. The quantitative estimate of drug-likeness (QED) is 0.547. The van der Waals surface area contributed by atoms with Crippen LogP contribution in [-0.2, 0) is 0 Å². The summed E-state index contributed by atoms with van der Waals surface area (Å²) in [6.45, 7) is 4.26. The summed E-state index contributed by atoms with van der Waals surface area (Å²) in [5.74, 6) is 1.56. The van der Waals surface area contributed by atoms with E-state index in [1.54, 1.807) is 7.11 Å². The molecule has 0 saturated carbocycles. The van der Waals surface area contributed by atoms with Gasteiger partial charge in [0.1, 0.15) is 5.75 Å². The zero-order chi connectivity index (χ0) is 17.4. The minimum atomic E-state index is 0.776. The summed E-state index contributed by atoms with van der Waals surface area (Å²) in [4.78, 5) is 0. The van der Waals surface area contributed by atoms with Gasteiger partial charge in [-0.25, -0.2) is 0 Å². The Morgan fingerprint density at radius 1 is 0.840 bits per heavy atom. The predicted octanol–water partition coefficient (Wildman–Crippen LogP) is 4.69. The lowest BCUT2D eigenvalue weighted by atomic mass is 10.0. The van der Waals surface area contributed by atoms with E-state index in [9.17, 15) is 0 Å². The maximum absolute atomic E-state index is 5.48. The van der Waals surface area contributed by atoms with E-state index in [0.29, 0.717) is 0 Å². The van der Waals surface area contributed by atoms with Crippen molar-refractivity contribution in [2.45, 2.75) is 13.8 Å². The van der Waals surface area contributed by atoms with Crippen LogP contribution in [0.4, 0.5) is 0 Å². The number of pyridine rings is 1. The van der Waals surface area contributed by atoms with Crippen LogP contribution in [0, 0.1) is 13.8 Å². The van der Waals surface area contributed by atoms with Gasteiger partial charge in [0, 0.05) is 6.20 Å². The zero-order valence-corrected chi connectivity index (χ0v) is 14.5. The SMILES string of the molecule is COc1ccccc1-c1nnc2ccc(-c3ccc(C)c(C)c3)cn12. The average Bonchev–Trinajstić information content (AvgIpc) is 3.07. The molecule has 0 fully saturated rings. The van der Waals surface area contributed by atoms with Gasteiger partial charge in [-0.3, -0.25) is 4.40 Å². The van der Waals surface area contributed by atoms with E-state index < -0.39 is 0 Å². The lowest BCUT2D eigenvalue weighted by Crippen LogP contribution is -1.94. The van der Waals surface area contributed by atoms with Crippen LogP contribution in [-0.4, -0.2) is 21.7 Å². The Balaban J connectivity index is 1.89. The second kappa shape index (κ2) is 6.06. The number of nitrogens with zero attached hydrogens (tertiary/aromatic N) is 3. The summed E-state index contributed by atoms with van der Waals surface area (Å²) in [5.41, 5.74) is 6.63. The van der Waals surface area contributed by atoms with Crippen LogP contribution >= 0.6 is 0 Å². The predicted molar refractivity (Wildman–Crippen MR) is 99.9 cm³/mol.